The van der Waals surface area contributed by atoms with E-state index in [1.165, 1.54) is 0 Å². The first kappa shape index (κ1) is 17.9. The molecule has 1 aromatic carbocycles. The van der Waals surface area contributed by atoms with Crippen molar-refractivity contribution in [2.75, 3.05) is 0 Å². The first-order valence-electron chi connectivity index (χ1n) is 9.43. The third-order valence-electron chi connectivity index (χ3n) is 4.99. The summed E-state index contributed by atoms with van der Waals surface area (Å²) in [5.41, 5.74) is 2.92. The standard InChI is InChI=1S/C21H27N5O/c1-20(2)11-16(12-21(3,4)25-20)27-19-9-8-17(22-23-19)14-6-7-18-15(10-14)13-26(5)24-18/h6-10,13,16,25H,11-12H2,1-5H3. The molecule has 0 aliphatic carbocycles. The van der Waals surface area contributed by atoms with Crippen LogP contribution in [0.2, 0.25) is 0 Å². The van der Waals surface area contributed by atoms with Crippen molar-refractivity contribution in [3.8, 4) is 17.1 Å². The van der Waals surface area contributed by atoms with Crippen molar-refractivity contribution in [2.24, 2.45) is 7.05 Å². The highest BCUT2D eigenvalue weighted by Crippen LogP contribution is 2.31. The Morgan fingerprint density at radius 3 is 2.44 bits per heavy atom. The molecular formula is C21H27N5O. The second-order valence-electron chi connectivity index (χ2n) is 8.87. The van der Waals surface area contributed by atoms with Gasteiger partial charge < -0.3 is 10.1 Å². The Morgan fingerprint density at radius 2 is 1.78 bits per heavy atom. The van der Waals surface area contributed by atoms with Gasteiger partial charge in [-0.15, -0.1) is 10.2 Å². The summed E-state index contributed by atoms with van der Waals surface area (Å²) < 4.78 is 7.98. The minimum atomic E-state index is 0.0406. The highest BCUT2D eigenvalue weighted by molar-refractivity contribution is 5.83. The summed E-state index contributed by atoms with van der Waals surface area (Å²) >= 11 is 0. The van der Waals surface area contributed by atoms with Crippen LogP contribution in [0.25, 0.3) is 22.2 Å². The van der Waals surface area contributed by atoms with E-state index in [1.54, 1.807) is 0 Å². The van der Waals surface area contributed by atoms with E-state index in [4.69, 9.17) is 4.74 Å². The molecule has 0 bridgehead atoms. The number of fused-ring (bicyclic) bond motifs is 1. The second-order valence-corrected chi connectivity index (χ2v) is 8.87. The zero-order chi connectivity index (χ0) is 19.2. The molecule has 1 saturated heterocycles. The third kappa shape index (κ3) is 3.95. The molecule has 27 heavy (non-hydrogen) atoms. The number of ether oxygens (including phenoxy) is 1. The lowest BCUT2D eigenvalue weighted by molar-refractivity contribution is 0.0524. The van der Waals surface area contributed by atoms with Gasteiger partial charge in [0.25, 0.3) is 0 Å². The molecule has 4 rings (SSSR count). The number of nitrogens with one attached hydrogen (secondary N) is 1. The van der Waals surface area contributed by atoms with Gasteiger partial charge in [-0.05, 0) is 45.9 Å². The van der Waals surface area contributed by atoms with Crippen LogP contribution in [-0.4, -0.2) is 37.2 Å². The van der Waals surface area contributed by atoms with Crippen LogP contribution in [0.3, 0.4) is 0 Å². The van der Waals surface area contributed by atoms with E-state index < -0.39 is 0 Å². The number of benzene rings is 1. The number of aryl methyl sites for hydroxylation is 1. The lowest BCUT2D eigenvalue weighted by atomic mass is 9.81. The lowest BCUT2D eigenvalue weighted by Gasteiger charge is -2.46. The first-order chi connectivity index (χ1) is 12.7. The fourth-order valence-electron chi connectivity index (χ4n) is 4.33. The lowest BCUT2D eigenvalue weighted by Crippen LogP contribution is -2.60. The van der Waals surface area contributed by atoms with Crippen molar-refractivity contribution in [1.29, 1.82) is 0 Å². The van der Waals surface area contributed by atoms with Crippen LogP contribution < -0.4 is 10.1 Å². The van der Waals surface area contributed by atoms with Crippen molar-refractivity contribution < 1.29 is 4.74 Å². The van der Waals surface area contributed by atoms with Gasteiger partial charge in [-0.3, -0.25) is 4.68 Å². The van der Waals surface area contributed by atoms with Crippen LogP contribution in [0.15, 0.2) is 36.5 Å². The van der Waals surface area contributed by atoms with E-state index in [1.807, 2.05) is 42.2 Å². The Labute approximate surface area is 159 Å². The van der Waals surface area contributed by atoms with Crippen LogP contribution in [0, 0.1) is 0 Å². The average molecular weight is 365 g/mol. The fourth-order valence-corrected chi connectivity index (χ4v) is 4.33. The topological polar surface area (TPSA) is 64.9 Å². The van der Waals surface area contributed by atoms with E-state index in [0.717, 1.165) is 35.0 Å². The van der Waals surface area contributed by atoms with E-state index in [-0.39, 0.29) is 17.2 Å². The smallest absolute Gasteiger partial charge is 0.233 e. The monoisotopic (exact) mass is 365 g/mol. The SMILES string of the molecule is Cn1cc2cc(-c3ccc(OC4CC(C)(C)NC(C)(C)C4)nn3)ccc2n1. The van der Waals surface area contributed by atoms with Crippen LogP contribution in [0.5, 0.6) is 5.88 Å². The second kappa shape index (κ2) is 6.30. The first-order valence-corrected chi connectivity index (χ1v) is 9.43. The summed E-state index contributed by atoms with van der Waals surface area (Å²) in [6, 6.07) is 10.0. The molecule has 0 radical (unpaired) electrons. The highest BCUT2D eigenvalue weighted by atomic mass is 16.5. The highest BCUT2D eigenvalue weighted by Gasteiger charge is 2.38. The van der Waals surface area contributed by atoms with Gasteiger partial charge in [-0.2, -0.15) is 5.10 Å². The molecule has 1 N–H and O–H groups in total. The van der Waals surface area contributed by atoms with Gasteiger partial charge in [-0.1, -0.05) is 6.07 Å². The molecule has 142 valence electrons. The number of aromatic nitrogens is 4. The van der Waals surface area contributed by atoms with Gasteiger partial charge >= 0.3 is 0 Å². The average Bonchev–Trinajstić information content (AvgIpc) is 2.91. The van der Waals surface area contributed by atoms with Gasteiger partial charge in [0.1, 0.15) is 6.10 Å². The predicted octanol–water partition coefficient (Wildman–Crippen LogP) is 3.72. The molecule has 0 amide bonds. The van der Waals surface area contributed by atoms with Gasteiger partial charge in [0.2, 0.25) is 5.88 Å². The number of piperidine rings is 1. The molecule has 3 heterocycles. The summed E-state index contributed by atoms with van der Waals surface area (Å²) in [5.74, 6) is 0.583. The van der Waals surface area contributed by atoms with E-state index in [9.17, 15) is 0 Å². The van der Waals surface area contributed by atoms with Gasteiger partial charge in [0.15, 0.2) is 0 Å². The number of hydrogen-bond donors (Lipinski definition) is 1. The van der Waals surface area contributed by atoms with Crippen LogP contribution in [-0.2, 0) is 7.05 Å². The molecule has 1 aliphatic rings. The number of nitrogens with zero attached hydrogens (tertiary/aromatic N) is 4. The third-order valence-corrected chi connectivity index (χ3v) is 4.99. The maximum Gasteiger partial charge on any atom is 0.233 e. The molecule has 0 saturated carbocycles. The predicted molar refractivity (Wildman–Crippen MR) is 107 cm³/mol. The number of hydrogen-bond acceptors (Lipinski definition) is 5. The molecule has 0 spiro atoms. The zero-order valence-corrected chi connectivity index (χ0v) is 16.7. The van der Waals surface area contributed by atoms with Gasteiger partial charge in [0, 0.05) is 54.2 Å². The molecule has 0 atom stereocenters. The van der Waals surface area contributed by atoms with Crippen molar-refractivity contribution in [1.82, 2.24) is 25.3 Å². The van der Waals surface area contributed by atoms with E-state index in [2.05, 4.69) is 54.4 Å². The molecule has 6 nitrogen and oxygen atoms in total. The molecule has 3 aromatic rings. The summed E-state index contributed by atoms with van der Waals surface area (Å²) in [5, 5.41) is 17.9. The summed E-state index contributed by atoms with van der Waals surface area (Å²) in [6.07, 6.45) is 4.02. The van der Waals surface area contributed by atoms with E-state index in [0.29, 0.717) is 5.88 Å². The maximum atomic E-state index is 6.16. The van der Waals surface area contributed by atoms with Crippen LogP contribution >= 0.6 is 0 Å². The Morgan fingerprint density at radius 1 is 1.04 bits per heavy atom. The van der Waals surface area contributed by atoms with Crippen molar-refractivity contribution in [2.45, 2.75) is 57.7 Å². The van der Waals surface area contributed by atoms with E-state index >= 15 is 0 Å². The summed E-state index contributed by atoms with van der Waals surface area (Å²) in [7, 11) is 1.93. The van der Waals surface area contributed by atoms with Gasteiger partial charge in [0.05, 0.1) is 11.2 Å². The zero-order valence-electron chi connectivity index (χ0n) is 16.7. The largest absolute Gasteiger partial charge is 0.473 e. The van der Waals surface area contributed by atoms with Gasteiger partial charge in [-0.25, -0.2) is 0 Å². The fraction of sp³-hybridized carbons (Fsp3) is 0.476. The quantitative estimate of drug-likeness (QED) is 0.766. The minimum Gasteiger partial charge on any atom is -0.473 e. The Hall–Kier alpha value is -2.47. The number of rotatable bonds is 3. The normalized spacial score (nSPS) is 19.3. The minimum absolute atomic E-state index is 0.0406. The van der Waals surface area contributed by atoms with Crippen molar-refractivity contribution in [3.63, 3.8) is 0 Å². The van der Waals surface area contributed by atoms with Crippen molar-refractivity contribution in [3.05, 3.63) is 36.5 Å². The van der Waals surface area contributed by atoms with Crippen LogP contribution in [0.1, 0.15) is 40.5 Å². The summed E-state index contributed by atoms with van der Waals surface area (Å²) in [6.45, 7) is 8.86. The van der Waals surface area contributed by atoms with Crippen LogP contribution in [0.4, 0.5) is 0 Å². The molecule has 0 unspecified atom stereocenters. The Kier molecular flexibility index (Phi) is 4.18. The van der Waals surface area contributed by atoms with Crippen molar-refractivity contribution >= 4 is 10.9 Å². The molecule has 6 heteroatoms. The molecular weight excluding hydrogens is 338 g/mol. The molecule has 1 fully saturated rings. The molecule has 2 aromatic heterocycles. The molecule has 1 aliphatic heterocycles. The summed E-state index contributed by atoms with van der Waals surface area (Å²) in [4.78, 5) is 0. The Bertz CT molecular complexity index is 942. The Balaban J connectivity index is 1.51. The maximum absolute atomic E-state index is 6.16.